The largest absolute Gasteiger partial charge is 0.472 e. The van der Waals surface area contributed by atoms with Gasteiger partial charge in [0.25, 0.3) is 0 Å². The van der Waals surface area contributed by atoms with Crippen molar-refractivity contribution in [1.29, 1.82) is 0 Å². The van der Waals surface area contributed by atoms with E-state index in [2.05, 4.69) is 43.5 Å². The summed E-state index contributed by atoms with van der Waals surface area (Å²) in [6.07, 6.45) is 33.9. The van der Waals surface area contributed by atoms with E-state index in [-0.39, 0.29) is 32.1 Å². The summed E-state index contributed by atoms with van der Waals surface area (Å²) in [5.74, 6) is -0.531. The third-order valence-electron chi connectivity index (χ3n) is 7.88. The van der Waals surface area contributed by atoms with Gasteiger partial charge >= 0.3 is 13.8 Å². The lowest BCUT2D eigenvalue weighted by atomic mass is 10.1. The van der Waals surface area contributed by atoms with E-state index in [1.54, 1.807) is 0 Å². The summed E-state index contributed by atoms with van der Waals surface area (Å²) in [6, 6.07) is 0. The Balaban J connectivity index is 3.64. The molecule has 2 unspecified atom stereocenters. The van der Waals surface area contributed by atoms with Gasteiger partial charge in [0.2, 0.25) is 5.91 Å². The van der Waals surface area contributed by atoms with E-state index < -0.39 is 26.5 Å². The van der Waals surface area contributed by atoms with Crippen molar-refractivity contribution in [3.63, 3.8) is 0 Å². The second kappa shape index (κ2) is 34.4. The highest BCUT2D eigenvalue weighted by Gasteiger charge is 2.23. The molecule has 0 aromatic heterocycles. The summed E-state index contributed by atoms with van der Waals surface area (Å²) in [4.78, 5) is 33.7. The van der Waals surface area contributed by atoms with Gasteiger partial charge in [-0.2, -0.15) is 0 Å². The smallest absolute Gasteiger partial charge is 0.463 e. The number of ether oxygens (including phenoxy) is 1. The number of aliphatic hydroxyl groups is 1. The van der Waals surface area contributed by atoms with E-state index in [1.165, 1.54) is 77.0 Å². The molecule has 0 bridgehead atoms. The average molecular weight is 688 g/mol. The highest BCUT2D eigenvalue weighted by Crippen LogP contribution is 2.42. The molecule has 0 saturated carbocycles. The van der Waals surface area contributed by atoms with E-state index in [1.807, 2.05) is 0 Å². The number of aliphatic hydroxyl groups excluding tert-OH is 1. The fourth-order valence-electron chi connectivity index (χ4n) is 5.00. The van der Waals surface area contributed by atoms with Gasteiger partial charge in [-0.1, -0.05) is 134 Å². The van der Waals surface area contributed by atoms with Crippen LogP contribution in [0.15, 0.2) is 24.3 Å². The number of carbonyl (C=O) groups excluding carboxylic acids is 2. The number of phosphoric ester groups is 1. The number of amides is 1. The lowest BCUT2D eigenvalue weighted by Crippen LogP contribution is -2.27. The zero-order valence-electron chi connectivity index (χ0n) is 30.0. The van der Waals surface area contributed by atoms with Crippen LogP contribution >= 0.6 is 7.82 Å². The van der Waals surface area contributed by atoms with E-state index >= 15 is 0 Å². The van der Waals surface area contributed by atoms with Crippen LogP contribution in [0.3, 0.4) is 0 Å². The number of esters is 1. The first-order valence-corrected chi connectivity index (χ1v) is 20.3. The summed E-state index contributed by atoms with van der Waals surface area (Å²) in [6.45, 7) is 3.49. The quantitative estimate of drug-likeness (QED) is 0.0260. The molecule has 9 nitrogen and oxygen atoms in total. The molecule has 0 aliphatic rings. The Hall–Kier alpha value is -1.51. The van der Waals surface area contributed by atoms with Crippen LogP contribution in [0.25, 0.3) is 0 Å². The van der Waals surface area contributed by atoms with Gasteiger partial charge in [-0.05, 0) is 44.9 Å². The Labute approximate surface area is 287 Å². The maximum atomic E-state index is 12.0. The van der Waals surface area contributed by atoms with Crippen molar-refractivity contribution in [2.75, 3.05) is 26.4 Å². The Morgan fingerprint density at radius 3 is 1.72 bits per heavy atom. The van der Waals surface area contributed by atoms with Gasteiger partial charge in [-0.3, -0.25) is 18.6 Å². The highest BCUT2D eigenvalue weighted by molar-refractivity contribution is 7.47. The van der Waals surface area contributed by atoms with Gasteiger partial charge < -0.3 is 20.1 Å². The van der Waals surface area contributed by atoms with Gasteiger partial charge in [-0.25, -0.2) is 4.57 Å². The molecule has 0 radical (unpaired) electrons. The van der Waals surface area contributed by atoms with Crippen molar-refractivity contribution in [2.45, 2.75) is 174 Å². The van der Waals surface area contributed by atoms with Crippen LogP contribution in [-0.4, -0.2) is 54.3 Å². The number of phosphoric acid groups is 1. The van der Waals surface area contributed by atoms with Crippen molar-refractivity contribution in [3.05, 3.63) is 24.3 Å². The zero-order valence-corrected chi connectivity index (χ0v) is 30.9. The molecule has 0 spiro atoms. The summed E-state index contributed by atoms with van der Waals surface area (Å²) in [7, 11) is -4.41. The maximum Gasteiger partial charge on any atom is 0.472 e. The molecule has 47 heavy (non-hydrogen) atoms. The number of unbranched alkanes of at least 4 members (excludes halogenated alkanes) is 18. The van der Waals surface area contributed by atoms with Gasteiger partial charge in [0.1, 0.15) is 12.7 Å². The van der Waals surface area contributed by atoms with Crippen LogP contribution in [0.2, 0.25) is 0 Å². The van der Waals surface area contributed by atoms with Crippen LogP contribution in [0.4, 0.5) is 0 Å². The minimum Gasteiger partial charge on any atom is -0.463 e. The minimum atomic E-state index is -4.41. The maximum absolute atomic E-state index is 12.0. The van der Waals surface area contributed by atoms with E-state index in [0.29, 0.717) is 6.42 Å². The molecule has 0 aromatic carbocycles. The van der Waals surface area contributed by atoms with Gasteiger partial charge in [0.05, 0.1) is 13.2 Å². The summed E-state index contributed by atoms with van der Waals surface area (Å²) in [5, 5.41) is 12.6. The first-order valence-electron chi connectivity index (χ1n) is 18.8. The van der Waals surface area contributed by atoms with Crippen LogP contribution in [0.5, 0.6) is 0 Å². The van der Waals surface area contributed by atoms with Crippen LogP contribution < -0.4 is 5.32 Å². The second-order valence-electron chi connectivity index (χ2n) is 12.6. The molecule has 0 saturated heterocycles. The molecule has 0 aliphatic heterocycles. The Bertz CT molecular complexity index is 835. The normalized spacial score (nSPS) is 13.7. The van der Waals surface area contributed by atoms with Crippen LogP contribution in [0, 0.1) is 0 Å². The van der Waals surface area contributed by atoms with Crippen molar-refractivity contribution < 1.29 is 37.9 Å². The first-order chi connectivity index (χ1) is 22.8. The molecule has 0 aromatic rings. The molecule has 10 heteroatoms. The first kappa shape index (κ1) is 45.5. The lowest BCUT2D eigenvalue weighted by molar-refractivity contribution is -0.147. The number of hydrogen-bond acceptors (Lipinski definition) is 7. The molecule has 1 amide bonds. The number of nitrogens with one attached hydrogen (secondary N) is 1. The predicted molar refractivity (Wildman–Crippen MR) is 192 cm³/mol. The molecular weight excluding hydrogens is 617 g/mol. The molecule has 0 rings (SSSR count). The Morgan fingerprint density at radius 2 is 1.15 bits per heavy atom. The summed E-state index contributed by atoms with van der Waals surface area (Å²) >= 11 is 0. The van der Waals surface area contributed by atoms with Crippen molar-refractivity contribution in [3.8, 4) is 0 Å². The molecule has 0 fully saturated rings. The third-order valence-corrected chi connectivity index (χ3v) is 8.87. The van der Waals surface area contributed by atoms with Gasteiger partial charge in [-0.15, -0.1) is 0 Å². The monoisotopic (exact) mass is 687 g/mol. The highest BCUT2D eigenvalue weighted by atomic mass is 31.2. The number of rotatable bonds is 35. The third kappa shape index (κ3) is 35.6. The Kier molecular flexibility index (Phi) is 33.3. The molecular formula is C37H70NO8P. The predicted octanol–water partition coefficient (Wildman–Crippen LogP) is 9.65. The molecule has 2 atom stereocenters. The second-order valence-corrected chi connectivity index (χ2v) is 14.0. The number of hydrogen-bond donors (Lipinski definition) is 3. The molecule has 0 aliphatic carbocycles. The molecule has 0 heterocycles. The standard InChI is InChI=1S/C37H70NO8P/c1-3-5-7-9-11-13-15-16-17-18-19-20-21-23-25-27-29-36(40)38-31-32-45-47(42,43)46-34-35(39)33-44-37(41)30-28-26-24-22-14-12-10-8-6-4-2/h13,15,17-18,35,39H,3-12,14,16,19-34H2,1-2H3,(H,38,40)(H,42,43)/b15-13-,18-17-. The topological polar surface area (TPSA) is 131 Å². The van der Waals surface area contributed by atoms with E-state index in [4.69, 9.17) is 13.8 Å². The summed E-state index contributed by atoms with van der Waals surface area (Å²) in [5.41, 5.74) is 0. The SMILES string of the molecule is CCCCCC/C=C\C/C=C\CCCCCCCC(=O)NCCOP(=O)(O)OCC(O)COC(=O)CCCCCCCCCCCC. The van der Waals surface area contributed by atoms with E-state index in [9.17, 15) is 24.2 Å². The van der Waals surface area contributed by atoms with Gasteiger partial charge in [0.15, 0.2) is 0 Å². The lowest BCUT2D eigenvalue weighted by Gasteiger charge is -2.15. The van der Waals surface area contributed by atoms with Crippen molar-refractivity contribution >= 4 is 19.7 Å². The fourth-order valence-corrected chi connectivity index (χ4v) is 5.75. The number of allylic oxidation sites excluding steroid dienone is 4. The van der Waals surface area contributed by atoms with Crippen molar-refractivity contribution in [1.82, 2.24) is 5.32 Å². The zero-order chi connectivity index (χ0) is 34.7. The average Bonchev–Trinajstić information content (AvgIpc) is 3.05. The summed E-state index contributed by atoms with van der Waals surface area (Å²) < 4.78 is 26.7. The van der Waals surface area contributed by atoms with Crippen LogP contribution in [-0.2, 0) is 27.9 Å². The van der Waals surface area contributed by atoms with Crippen LogP contribution in [0.1, 0.15) is 168 Å². The minimum absolute atomic E-state index is 0.0756. The fraction of sp³-hybridized carbons (Fsp3) is 0.838. The molecule has 276 valence electrons. The van der Waals surface area contributed by atoms with Gasteiger partial charge in [0, 0.05) is 19.4 Å². The number of carbonyl (C=O) groups is 2. The van der Waals surface area contributed by atoms with Crippen molar-refractivity contribution in [2.24, 2.45) is 0 Å². The van der Waals surface area contributed by atoms with E-state index in [0.717, 1.165) is 64.2 Å². The molecule has 3 N–H and O–H groups in total. The Morgan fingerprint density at radius 1 is 0.660 bits per heavy atom.